The second-order valence-corrected chi connectivity index (χ2v) is 16.8. The number of thioether (sulfide) groups is 1. The number of nitrogens with one attached hydrogen (secondary N) is 1. The highest BCUT2D eigenvalue weighted by Crippen LogP contribution is 2.39. The summed E-state index contributed by atoms with van der Waals surface area (Å²) in [5.41, 5.74) is -0.832. The number of likely N-dealkylation sites (tertiary alicyclic amines) is 1. The molecule has 0 bridgehead atoms. The van der Waals surface area contributed by atoms with Crippen LogP contribution in [0, 0.1) is 17.3 Å². The van der Waals surface area contributed by atoms with Crippen LogP contribution >= 0.6 is 11.8 Å². The SMILES string of the molecule is C[C@@H](O[Si](C)(C)C)[C@H]1C(=O)N(C(=O)C(=O)OCOC(=O)C(C)(C)C)[C@@H]1[C@@H](C)C(=O)S[C@H]1CNC(=O)C1. The summed E-state index contributed by atoms with van der Waals surface area (Å²) in [5, 5.41) is 2.12. The summed E-state index contributed by atoms with van der Waals surface area (Å²) in [6, 6.07) is -0.925. The molecule has 0 aromatic heterocycles. The zero-order valence-corrected chi connectivity index (χ0v) is 23.9. The number of esters is 2. The van der Waals surface area contributed by atoms with E-state index in [9.17, 15) is 28.8 Å². The summed E-state index contributed by atoms with van der Waals surface area (Å²) in [4.78, 5) is 75.4. The number of nitrogens with zero attached hydrogens (tertiary/aromatic N) is 1. The minimum absolute atomic E-state index is 0.145. The van der Waals surface area contributed by atoms with Crippen molar-refractivity contribution in [1.82, 2.24) is 10.2 Å². The Hall–Kier alpha value is -2.25. The Balaban J connectivity index is 2.16. The van der Waals surface area contributed by atoms with Crippen molar-refractivity contribution in [3.63, 3.8) is 0 Å². The summed E-state index contributed by atoms with van der Waals surface area (Å²) >= 11 is 0.989. The number of rotatable bonds is 8. The average Bonchev–Trinajstić information content (AvgIpc) is 3.13. The number of carbonyl (C=O) groups excluding carboxylic acids is 6. The first-order chi connectivity index (χ1) is 16.4. The molecule has 1 N–H and O–H groups in total. The van der Waals surface area contributed by atoms with Gasteiger partial charge >= 0.3 is 17.8 Å². The summed E-state index contributed by atoms with van der Waals surface area (Å²) in [6.07, 6.45) is -0.384. The molecule has 2 rings (SSSR count). The van der Waals surface area contributed by atoms with Gasteiger partial charge in [-0.1, -0.05) is 18.7 Å². The molecule has 2 aliphatic rings. The Morgan fingerprint density at radius 1 is 1.11 bits per heavy atom. The maximum absolute atomic E-state index is 13.0. The van der Waals surface area contributed by atoms with Gasteiger partial charge in [0, 0.05) is 24.1 Å². The van der Waals surface area contributed by atoms with Crippen LogP contribution in [0.3, 0.4) is 0 Å². The van der Waals surface area contributed by atoms with Gasteiger partial charge in [0.2, 0.25) is 18.6 Å². The largest absolute Gasteiger partial charge is 0.427 e. The molecule has 5 atom stereocenters. The normalized spacial score (nSPS) is 23.9. The van der Waals surface area contributed by atoms with Crippen LogP contribution in [0.5, 0.6) is 0 Å². The highest BCUT2D eigenvalue weighted by Gasteiger charge is 2.58. The van der Waals surface area contributed by atoms with Crippen molar-refractivity contribution in [3.05, 3.63) is 0 Å². The molecule has 0 saturated carbocycles. The van der Waals surface area contributed by atoms with E-state index >= 15 is 0 Å². The van der Waals surface area contributed by atoms with Crippen LogP contribution in [0.15, 0.2) is 0 Å². The fourth-order valence-electron chi connectivity index (χ4n) is 4.00. The zero-order valence-electron chi connectivity index (χ0n) is 22.0. The monoisotopic (exact) mass is 544 g/mol. The van der Waals surface area contributed by atoms with Gasteiger partial charge in [0.05, 0.1) is 23.5 Å². The topological polar surface area (TPSA) is 145 Å². The second-order valence-electron chi connectivity index (χ2n) is 11.1. The van der Waals surface area contributed by atoms with E-state index in [4.69, 9.17) is 13.9 Å². The lowest BCUT2D eigenvalue weighted by Gasteiger charge is -2.50. The van der Waals surface area contributed by atoms with Crippen LogP contribution in [-0.4, -0.2) is 78.7 Å². The molecule has 2 heterocycles. The van der Waals surface area contributed by atoms with E-state index in [0.717, 1.165) is 16.7 Å². The Kier molecular flexibility index (Phi) is 9.51. The van der Waals surface area contributed by atoms with Crippen LogP contribution in [0.1, 0.15) is 41.0 Å². The van der Waals surface area contributed by atoms with Crippen molar-refractivity contribution in [2.75, 3.05) is 13.3 Å². The molecule has 11 nitrogen and oxygen atoms in total. The number of ether oxygens (including phenoxy) is 2. The van der Waals surface area contributed by atoms with Crippen LogP contribution < -0.4 is 5.32 Å². The number of imide groups is 1. The van der Waals surface area contributed by atoms with Gasteiger partial charge in [-0.2, -0.15) is 0 Å². The van der Waals surface area contributed by atoms with Crippen LogP contribution in [-0.2, 0) is 42.7 Å². The van der Waals surface area contributed by atoms with E-state index in [-0.39, 0.29) is 22.7 Å². The van der Waals surface area contributed by atoms with Crippen molar-refractivity contribution < 1.29 is 42.7 Å². The molecule has 36 heavy (non-hydrogen) atoms. The molecule has 3 amide bonds. The summed E-state index contributed by atoms with van der Waals surface area (Å²) in [6.45, 7) is 13.6. The van der Waals surface area contributed by atoms with Crippen LogP contribution in [0.25, 0.3) is 0 Å². The molecule has 13 heteroatoms. The summed E-state index contributed by atoms with van der Waals surface area (Å²) in [7, 11) is -2.07. The first-order valence-electron chi connectivity index (χ1n) is 11.8. The maximum Gasteiger partial charge on any atom is 0.400 e. The molecule has 0 unspecified atom stereocenters. The van der Waals surface area contributed by atoms with Gasteiger partial charge in [0.1, 0.15) is 0 Å². The Bertz CT molecular complexity index is 928. The minimum atomic E-state index is -2.07. The van der Waals surface area contributed by atoms with Gasteiger partial charge in [-0.15, -0.1) is 0 Å². The molecule has 2 saturated heterocycles. The Morgan fingerprint density at radius 2 is 1.72 bits per heavy atom. The van der Waals surface area contributed by atoms with Gasteiger partial charge in [0.25, 0.3) is 0 Å². The molecule has 0 aromatic carbocycles. The number of amides is 3. The van der Waals surface area contributed by atoms with E-state index in [1.165, 1.54) is 0 Å². The van der Waals surface area contributed by atoms with E-state index in [1.54, 1.807) is 34.6 Å². The van der Waals surface area contributed by atoms with E-state index in [2.05, 4.69) is 5.32 Å². The van der Waals surface area contributed by atoms with E-state index in [0.29, 0.717) is 6.54 Å². The van der Waals surface area contributed by atoms with E-state index < -0.39 is 68.3 Å². The highest BCUT2D eigenvalue weighted by atomic mass is 32.2. The third-order valence-electron chi connectivity index (χ3n) is 5.73. The number of hydrogen-bond acceptors (Lipinski definition) is 10. The lowest BCUT2D eigenvalue weighted by Crippen LogP contribution is -2.70. The molecule has 0 aliphatic carbocycles. The fourth-order valence-corrected chi connectivity index (χ4v) is 6.34. The molecule has 0 aromatic rings. The molecule has 0 spiro atoms. The van der Waals surface area contributed by atoms with Crippen LogP contribution in [0.4, 0.5) is 0 Å². The van der Waals surface area contributed by atoms with E-state index in [1.807, 2.05) is 19.6 Å². The standard InChI is InChI=1S/C23H36N2O9SSi/c1-12(21(30)35-14-9-15(26)24-10-14)17-16(13(2)34-36(6,7)8)18(27)25(17)19(28)20(29)32-11-33-22(31)23(3,4)5/h12-14,16-17H,9-11H2,1-8H3,(H,24,26)/t12-,13-,14-,16-,17-/m1/s1. The molecular weight excluding hydrogens is 508 g/mol. The molecule has 2 aliphatic heterocycles. The first kappa shape index (κ1) is 30.0. The summed E-state index contributed by atoms with van der Waals surface area (Å²) in [5.74, 6) is -5.66. The van der Waals surface area contributed by atoms with Crippen molar-refractivity contribution in [3.8, 4) is 0 Å². The number of carbonyl (C=O) groups is 6. The summed E-state index contributed by atoms with van der Waals surface area (Å²) < 4.78 is 15.7. The van der Waals surface area contributed by atoms with Crippen molar-refractivity contribution >= 4 is 54.9 Å². The quantitative estimate of drug-likeness (QED) is 0.157. The number of β-lactam (4-membered cyclic amide) rings is 1. The lowest BCUT2D eigenvalue weighted by molar-refractivity contribution is -0.188. The number of hydrogen-bond donors (Lipinski definition) is 1. The third kappa shape index (κ3) is 7.39. The smallest absolute Gasteiger partial charge is 0.400 e. The van der Waals surface area contributed by atoms with Gasteiger partial charge in [-0.3, -0.25) is 28.9 Å². The van der Waals surface area contributed by atoms with Crippen molar-refractivity contribution in [1.29, 1.82) is 0 Å². The minimum Gasteiger partial charge on any atom is -0.427 e. The Labute approximate surface area is 216 Å². The fraction of sp³-hybridized carbons (Fsp3) is 0.739. The molecule has 2 fully saturated rings. The van der Waals surface area contributed by atoms with Crippen molar-refractivity contribution in [2.24, 2.45) is 17.3 Å². The van der Waals surface area contributed by atoms with Gasteiger partial charge in [-0.25, -0.2) is 4.79 Å². The van der Waals surface area contributed by atoms with Gasteiger partial charge in [-0.05, 0) is 47.3 Å². The predicted octanol–water partition coefficient (Wildman–Crippen LogP) is 1.45. The molecule has 0 radical (unpaired) electrons. The second kappa shape index (κ2) is 11.4. The molecular formula is C23H36N2O9SSi. The van der Waals surface area contributed by atoms with Crippen molar-refractivity contribution in [2.45, 2.75) is 78.1 Å². The first-order valence-corrected chi connectivity index (χ1v) is 16.1. The third-order valence-corrected chi connectivity index (χ3v) is 8.08. The van der Waals surface area contributed by atoms with Crippen LogP contribution in [0.2, 0.25) is 19.6 Å². The maximum atomic E-state index is 13.0. The zero-order chi connectivity index (χ0) is 27.6. The van der Waals surface area contributed by atoms with Gasteiger partial charge < -0.3 is 19.2 Å². The predicted molar refractivity (Wildman–Crippen MR) is 133 cm³/mol. The highest BCUT2D eigenvalue weighted by molar-refractivity contribution is 8.14. The Morgan fingerprint density at radius 3 is 2.22 bits per heavy atom. The lowest BCUT2D eigenvalue weighted by atomic mass is 9.77. The van der Waals surface area contributed by atoms with Gasteiger partial charge in [0.15, 0.2) is 13.4 Å². The molecule has 202 valence electrons. The average molecular weight is 545 g/mol.